The Bertz CT molecular complexity index is 890. The van der Waals surface area contributed by atoms with E-state index in [-0.39, 0.29) is 17.1 Å². The zero-order chi connectivity index (χ0) is 17.5. The fraction of sp³-hybridized carbons (Fsp3) is 0.286. The van der Waals surface area contributed by atoms with Crippen LogP contribution in [0, 0.1) is 0 Å². The van der Waals surface area contributed by atoms with Crippen LogP contribution < -0.4 is 9.62 Å². The summed E-state index contributed by atoms with van der Waals surface area (Å²) < 4.78 is 26.3. The lowest BCUT2D eigenvalue weighted by Gasteiger charge is -2.25. The molecule has 1 saturated carbocycles. The van der Waals surface area contributed by atoms with Gasteiger partial charge in [-0.2, -0.15) is 4.98 Å². The standard InChI is InChI=1S/C14H14BrClN4O3S/c1-24(22,23)20(8-2-3-8)12-6-9(21)4-5-11(12)18-13-10(15)7-17-14(16)19-13/h4-8,21H,2-3H2,1H3,(H,17,18,19). The number of hydrogen-bond donors (Lipinski definition) is 2. The van der Waals surface area contributed by atoms with Gasteiger partial charge in [0.05, 0.1) is 22.1 Å². The predicted molar refractivity (Wildman–Crippen MR) is 96.5 cm³/mol. The number of aromatic nitrogens is 2. The summed E-state index contributed by atoms with van der Waals surface area (Å²) in [5.74, 6) is 0.371. The maximum Gasteiger partial charge on any atom is 0.232 e. The highest BCUT2D eigenvalue weighted by Gasteiger charge is 2.36. The Kier molecular flexibility index (Phi) is 4.58. The van der Waals surface area contributed by atoms with Crippen molar-refractivity contribution in [1.82, 2.24) is 9.97 Å². The molecule has 2 aromatic rings. The van der Waals surface area contributed by atoms with Gasteiger partial charge in [0.15, 0.2) is 0 Å². The number of aromatic hydroxyl groups is 1. The molecule has 0 spiro atoms. The minimum atomic E-state index is -3.49. The second kappa shape index (κ2) is 6.38. The largest absolute Gasteiger partial charge is 0.508 e. The van der Waals surface area contributed by atoms with E-state index in [4.69, 9.17) is 11.6 Å². The minimum Gasteiger partial charge on any atom is -0.508 e. The molecule has 0 aliphatic heterocycles. The van der Waals surface area contributed by atoms with Gasteiger partial charge in [0.25, 0.3) is 0 Å². The van der Waals surface area contributed by atoms with E-state index in [0.29, 0.717) is 21.7 Å². The average molecular weight is 434 g/mol. The van der Waals surface area contributed by atoms with Gasteiger partial charge in [-0.05, 0) is 52.5 Å². The first-order chi connectivity index (χ1) is 11.3. The van der Waals surface area contributed by atoms with Gasteiger partial charge in [0.2, 0.25) is 15.3 Å². The molecule has 0 unspecified atom stereocenters. The van der Waals surface area contributed by atoms with Gasteiger partial charge < -0.3 is 10.4 Å². The number of phenolic OH excluding ortho intramolecular Hbond substituents is 1. The normalized spacial score (nSPS) is 14.5. The summed E-state index contributed by atoms with van der Waals surface area (Å²) in [6.45, 7) is 0. The lowest BCUT2D eigenvalue weighted by molar-refractivity contribution is 0.475. The summed E-state index contributed by atoms with van der Waals surface area (Å²) in [7, 11) is -3.49. The maximum atomic E-state index is 12.2. The number of nitrogens with zero attached hydrogens (tertiary/aromatic N) is 3. The molecule has 3 rings (SSSR count). The third-order valence-corrected chi connectivity index (χ3v) is 5.39. The molecule has 2 N–H and O–H groups in total. The number of nitrogens with one attached hydrogen (secondary N) is 1. The summed E-state index contributed by atoms with van der Waals surface area (Å²) >= 11 is 9.13. The second-order valence-corrected chi connectivity index (χ2v) is 8.50. The number of hydrogen-bond acceptors (Lipinski definition) is 6. The van der Waals surface area contributed by atoms with Crippen LogP contribution in [0.1, 0.15) is 12.8 Å². The first-order valence-corrected chi connectivity index (χ1v) is 10.0. The molecule has 1 fully saturated rings. The first kappa shape index (κ1) is 17.2. The van der Waals surface area contributed by atoms with E-state index in [0.717, 1.165) is 19.1 Å². The third-order valence-electron chi connectivity index (χ3n) is 3.42. The van der Waals surface area contributed by atoms with Crippen LogP contribution in [0.2, 0.25) is 5.28 Å². The van der Waals surface area contributed by atoms with Crippen molar-refractivity contribution in [3.8, 4) is 5.75 Å². The van der Waals surface area contributed by atoms with Crippen LogP contribution >= 0.6 is 27.5 Å². The maximum absolute atomic E-state index is 12.2. The summed E-state index contributed by atoms with van der Waals surface area (Å²) in [6, 6.07) is 4.38. The van der Waals surface area contributed by atoms with Crippen LogP contribution in [0.5, 0.6) is 5.75 Å². The molecule has 1 aliphatic carbocycles. The molecular weight excluding hydrogens is 420 g/mol. The second-order valence-electron chi connectivity index (χ2n) is 5.45. The van der Waals surface area contributed by atoms with Crippen LogP contribution in [0.15, 0.2) is 28.9 Å². The van der Waals surface area contributed by atoms with Gasteiger partial charge >= 0.3 is 0 Å². The van der Waals surface area contributed by atoms with Gasteiger partial charge in [-0.3, -0.25) is 4.31 Å². The minimum absolute atomic E-state index is 0.0235. The first-order valence-electron chi connectivity index (χ1n) is 7.03. The van der Waals surface area contributed by atoms with Crippen LogP contribution in [0.3, 0.4) is 0 Å². The van der Waals surface area contributed by atoms with Crippen molar-refractivity contribution in [1.29, 1.82) is 0 Å². The van der Waals surface area contributed by atoms with E-state index < -0.39 is 10.0 Å². The lowest BCUT2D eigenvalue weighted by atomic mass is 10.2. The highest BCUT2D eigenvalue weighted by Crippen LogP contribution is 2.40. The van der Waals surface area contributed by atoms with Gasteiger partial charge in [0, 0.05) is 18.3 Å². The molecule has 1 aromatic carbocycles. The summed E-state index contributed by atoms with van der Waals surface area (Å²) in [4.78, 5) is 7.93. The zero-order valence-corrected chi connectivity index (χ0v) is 15.7. The fourth-order valence-electron chi connectivity index (χ4n) is 2.32. The Balaban J connectivity index is 2.07. The Hall–Kier alpha value is -1.58. The van der Waals surface area contributed by atoms with Crippen molar-refractivity contribution in [2.24, 2.45) is 0 Å². The number of rotatable bonds is 5. The fourth-order valence-corrected chi connectivity index (χ4v) is 4.01. The summed E-state index contributed by atoms with van der Waals surface area (Å²) in [5, 5.41) is 12.9. The molecule has 10 heteroatoms. The van der Waals surface area contributed by atoms with Gasteiger partial charge in [0.1, 0.15) is 11.6 Å². The Morgan fingerprint density at radius 2 is 2.12 bits per heavy atom. The number of halogens is 2. The molecule has 0 atom stereocenters. The predicted octanol–water partition coefficient (Wildman–Crippen LogP) is 3.27. The molecule has 0 bridgehead atoms. The Labute approximate surface area is 152 Å². The number of phenols is 1. The quantitative estimate of drug-likeness (QED) is 0.555. The van der Waals surface area contributed by atoms with Crippen molar-refractivity contribution in [2.75, 3.05) is 15.9 Å². The number of sulfonamides is 1. The zero-order valence-electron chi connectivity index (χ0n) is 12.6. The molecule has 7 nitrogen and oxygen atoms in total. The van der Waals surface area contributed by atoms with Crippen LogP contribution in [0.4, 0.5) is 17.2 Å². The van der Waals surface area contributed by atoms with Crippen molar-refractivity contribution in [3.63, 3.8) is 0 Å². The third kappa shape index (κ3) is 3.73. The monoisotopic (exact) mass is 432 g/mol. The topological polar surface area (TPSA) is 95.4 Å². The van der Waals surface area contributed by atoms with Crippen molar-refractivity contribution < 1.29 is 13.5 Å². The van der Waals surface area contributed by atoms with E-state index in [2.05, 4.69) is 31.2 Å². The summed E-state index contributed by atoms with van der Waals surface area (Å²) in [6.07, 6.45) is 4.21. The van der Waals surface area contributed by atoms with E-state index >= 15 is 0 Å². The van der Waals surface area contributed by atoms with E-state index in [1.165, 1.54) is 22.6 Å². The summed E-state index contributed by atoms with van der Waals surface area (Å²) in [5.41, 5.74) is 0.849. The van der Waals surface area contributed by atoms with E-state index in [1.807, 2.05) is 0 Å². The van der Waals surface area contributed by atoms with Gasteiger partial charge in [-0.1, -0.05) is 0 Å². The highest BCUT2D eigenvalue weighted by molar-refractivity contribution is 9.10. The molecule has 1 aromatic heterocycles. The lowest BCUT2D eigenvalue weighted by Crippen LogP contribution is -2.32. The van der Waals surface area contributed by atoms with Gasteiger partial charge in [-0.15, -0.1) is 0 Å². The van der Waals surface area contributed by atoms with Crippen molar-refractivity contribution in [3.05, 3.63) is 34.2 Å². The molecule has 0 saturated heterocycles. The van der Waals surface area contributed by atoms with Crippen molar-refractivity contribution in [2.45, 2.75) is 18.9 Å². The molecule has 0 amide bonds. The van der Waals surface area contributed by atoms with Crippen molar-refractivity contribution >= 4 is 54.7 Å². The highest BCUT2D eigenvalue weighted by atomic mass is 79.9. The number of anilines is 3. The molecule has 1 heterocycles. The van der Waals surface area contributed by atoms with Crippen LogP contribution in [-0.4, -0.2) is 35.8 Å². The van der Waals surface area contributed by atoms with Crippen LogP contribution in [0.25, 0.3) is 0 Å². The molecular formula is C14H14BrClN4O3S. The van der Waals surface area contributed by atoms with E-state index in [9.17, 15) is 13.5 Å². The molecule has 128 valence electrons. The van der Waals surface area contributed by atoms with E-state index in [1.54, 1.807) is 6.07 Å². The Morgan fingerprint density at radius 3 is 2.75 bits per heavy atom. The molecule has 0 radical (unpaired) electrons. The smallest absolute Gasteiger partial charge is 0.232 e. The molecule has 1 aliphatic rings. The van der Waals surface area contributed by atoms with Crippen LogP contribution in [-0.2, 0) is 10.0 Å². The van der Waals surface area contributed by atoms with Gasteiger partial charge in [-0.25, -0.2) is 13.4 Å². The Morgan fingerprint density at radius 1 is 1.42 bits per heavy atom. The average Bonchev–Trinajstić information content (AvgIpc) is 3.29. The molecule has 24 heavy (non-hydrogen) atoms. The SMILES string of the molecule is CS(=O)(=O)N(c1cc(O)ccc1Nc1nc(Cl)ncc1Br)C1CC1. The number of benzene rings is 1.